The fourth-order valence-electron chi connectivity index (χ4n) is 2.84. The summed E-state index contributed by atoms with van der Waals surface area (Å²) in [6.45, 7) is 3.08. The summed E-state index contributed by atoms with van der Waals surface area (Å²) in [6, 6.07) is 4.66. The van der Waals surface area contributed by atoms with Crippen molar-refractivity contribution in [3.8, 4) is 5.75 Å². The van der Waals surface area contributed by atoms with Gasteiger partial charge in [0.2, 0.25) is 11.8 Å². The average molecular weight is 336 g/mol. The lowest BCUT2D eigenvalue weighted by Crippen LogP contribution is -2.40. The number of hydrogen-bond acceptors (Lipinski definition) is 5. The number of carbonyl (C=O) groups excluding carboxylic acids is 1. The Kier molecular flexibility index (Phi) is 4.52. The van der Waals surface area contributed by atoms with Crippen LogP contribution in [-0.4, -0.2) is 39.1 Å². The van der Waals surface area contributed by atoms with Crippen molar-refractivity contribution in [2.45, 2.75) is 32.1 Å². The Morgan fingerprint density at radius 2 is 2.35 bits per heavy atom. The van der Waals surface area contributed by atoms with E-state index in [0.717, 1.165) is 19.4 Å². The molecule has 122 valence electrons. The molecule has 1 atom stereocenters. The van der Waals surface area contributed by atoms with Crippen molar-refractivity contribution in [2.24, 2.45) is 0 Å². The molecule has 1 saturated heterocycles. The summed E-state index contributed by atoms with van der Waals surface area (Å²) in [6.07, 6.45) is 2.06. The minimum Gasteiger partial charge on any atom is -0.508 e. The second-order valence-corrected chi connectivity index (χ2v) is 6.22. The first kappa shape index (κ1) is 15.8. The molecule has 3 rings (SSSR count). The Balaban J connectivity index is 1.67. The maximum Gasteiger partial charge on any atom is 0.231 e. The van der Waals surface area contributed by atoms with Crippen LogP contribution >= 0.6 is 11.6 Å². The highest BCUT2D eigenvalue weighted by Crippen LogP contribution is 2.27. The van der Waals surface area contributed by atoms with E-state index in [4.69, 9.17) is 16.1 Å². The number of phenolic OH excluding ortho intramolecular Hbond substituents is 1. The number of halogens is 1. The van der Waals surface area contributed by atoms with Crippen LogP contribution in [-0.2, 0) is 11.2 Å². The molecule has 1 unspecified atom stereocenters. The molecule has 1 aliphatic heterocycles. The zero-order valence-corrected chi connectivity index (χ0v) is 13.6. The molecule has 1 aliphatic rings. The molecule has 7 heteroatoms. The highest BCUT2D eigenvalue weighted by molar-refractivity contribution is 6.31. The number of carbonyl (C=O) groups is 1. The first-order valence-corrected chi connectivity index (χ1v) is 7.96. The molecule has 1 aromatic carbocycles. The third-order valence-corrected chi connectivity index (χ3v) is 4.40. The van der Waals surface area contributed by atoms with Gasteiger partial charge in [0.05, 0.1) is 12.3 Å². The Morgan fingerprint density at radius 1 is 1.52 bits per heavy atom. The van der Waals surface area contributed by atoms with E-state index < -0.39 is 0 Å². The van der Waals surface area contributed by atoms with Crippen LogP contribution in [0, 0.1) is 6.92 Å². The lowest BCUT2D eigenvalue weighted by Gasteiger charge is -2.31. The molecule has 1 aromatic heterocycles. The van der Waals surface area contributed by atoms with E-state index in [2.05, 4.69) is 10.1 Å². The molecule has 1 N–H and O–H groups in total. The number of piperidine rings is 1. The normalized spacial score (nSPS) is 18.2. The Morgan fingerprint density at radius 3 is 3.04 bits per heavy atom. The van der Waals surface area contributed by atoms with Crippen LogP contribution in [0.1, 0.15) is 36.0 Å². The number of nitrogens with zero attached hydrogens (tertiary/aromatic N) is 3. The zero-order valence-electron chi connectivity index (χ0n) is 12.8. The molecule has 6 nitrogen and oxygen atoms in total. The van der Waals surface area contributed by atoms with Crippen molar-refractivity contribution in [3.05, 3.63) is 40.5 Å². The number of hydrogen-bond donors (Lipinski definition) is 1. The Bertz CT molecular complexity index is 716. The molecule has 1 amide bonds. The van der Waals surface area contributed by atoms with Crippen molar-refractivity contribution in [3.63, 3.8) is 0 Å². The highest BCUT2D eigenvalue weighted by Gasteiger charge is 2.28. The molecule has 23 heavy (non-hydrogen) atoms. The second kappa shape index (κ2) is 6.58. The number of likely N-dealkylation sites (tertiary alicyclic amines) is 1. The van der Waals surface area contributed by atoms with Crippen LogP contribution in [0.5, 0.6) is 5.75 Å². The van der Waals surface area contributed by atoms with Crippen LogP contribution in [0.25, 0.3) is 0 Å². The van der Waals surface area contributed by atoms with Crippen molar-refractivity contribution in [1.82, 2.24) is 15.0 Å². The van der Waals surface area contributed by atoms with Gasteiger partial charge in [0.1, 0.15) is 5.75 Å². The van der Waals surface area contributed by atoms with Gasteiger partial charge in [-0.1, -0.05) is 22.8 Å². The number of aromatic nitrogens is 2. The van der Waals surface area contributed by atoms with E-state index >= 15 is 0 Å². The molecule has 0 radical (unpaired) electrons. The molecule has 2 aromatic rings. The minimum absolute atomic E-state index is 0.0125. The monoisotopic (exact) mass is 335 g/mol. The van der Waals surface area contributed by atoms with Crippen LogP contribution in [0.3, 0.4) is 0 Å². The summed E-state index contributed by atoms with van der Waals surface area (Å²) in [5.41, 5.74) is 0.713. The van der Waals surface area contributed by atoms with Gasteiger partial charge in [-0.15, -0.1) is 0 Å². The first-order chi connectivity index (χ1) is 11.0. The Hall–Kier alpha value is -2.08. The van der Waals surface area contributed by atoms with Gasteiger partial charge in [0, 0.05) is 18.1 Å². The molecule has 2 heterocycles. The number of phenols is 1. The van der Waals surface area contributed by atoms with Crippen LogP contribution in [0.15, 0.2) is 22.7 Å². The summed E-state index contributed by atoms with van der Waals surface area (Å²) in [5.74, 6) is 1.40. The predicted molar refractivity (Wildman–Crippen MR) is 84.4 cm³/mol. The lowest BCUT2D eigenvalue weighted by atomic mass is 9.97. The topological polar surface area (TPSA) is 79.5 Å². The van der Waals surface area contributed by atoms with Gasteiger partial charge in [-0.3, -0.25) is 4.79 Å². The third kappa shape index (κ3) is 3.64. The summed E-state index contributed by atoms with van der Waals surface area (Å²) in [4.78, 5) is 18.6. The van der Waals surface area contributed by atoms with Crippen molar-refractivity contribution < 1.29 is 14.4 Å². The maximum absolute atomic E-state index is 12.5. The van der Waals surface area contributed by atoms with Crippen molar-refractivity contribution in [2.75, 3.05) is 13.1 Å². The fourth-order valence-corrected chi connectivity index (χ4v) is 3.08. The average Bonchev–Trinajstić information content (AvgIpc) is 2.97. The summed E-state index contributed by atoms with van der Waals surface area (Å²) >= 11 is 6.08. The predicted octanol–water partition coefficient (Wildman–Crippen LogP) is 2.69. The standard InChI is InChI=1S/C16H18ClN3O3/c1-10-18-16(23-19-10)12-3-2-6-20(9-12)15(22)7-11-4-5-13(21)8-14(11)17/h4-5,8,12,21H,2-3,6-7,9H2,1H3. The van der Waals surface area contributed by atoms with Gasteiger partial charge in [0.25, 0.3) is 0 Å². The number of benzene rings is 1. The fraction of sp³-hybridized carbons (Fsp3) is 0.438. The van der Waals surface area contributed by atoms with Gasteiger partial charge >= 0.3 is 0 Å². The SMILES string of the molecule is Cc1noc(C2CCCN(C(=O)Cc3ccc(O)cc3Cl)C2)n1. The number of rotatable bonds is 3. The van der Waals surface area contributed by atoms with Crippen LogP contribution in [0.2, 0.25) is 5.02 Å². The van der Waals surface area contributed by atoms with E-state index in [-0.39, 0.29) is 24.0 Å². The molecule has 0 spiro atoms. The largest absolute Gasteiger partial charge is 0.508 e. The molecule has 0 bridgehead atoms. The van der Waals surface area contributed by atoms with Gasteiger partial charge in [-0.05, 0) is 37.5 Å². The van der Waals surface area contributed by atoms with Crippen molar-refractivity contribution >= 4 is 17.5 Å². The van der Waals surface area contributed by atoms with Gasteiger partial charge < -0.3 is 14.5 Å². The number of aromatic hydroxyl groups is 1. The molecule has 1 fully saturated rings. The van der Waals surface area contributed by atoms with E-state index in [0.29, 0.717) is 28.8 Å². The van der Waals surface area contributed by atoms with Crippen molar-refractivity contribution in [1.29, 1.82) is 0 Å². The smallest absolute Gasteiger partial charge is 0.231 e. The third-order valence-electron chi connectivity index (χ3n) is 4.04. The quantitative estimate of drug-likeness (QED) is 0.932. The van der Waals surface area contributed by atoms with Gasteiger partial charge in [-0.25, -0.2) is 0 Å². The number of aryl methyl sites for hydroxylation is 1. The number of amides is 1. The highest BCUT2D eigenvalue weighted by atomic mass is 35.5. The van der Waals surface area contributed by atoms with E-state index in [1.165, 1.54) is 12.1 Å². The minimum atomic E-state index is 0.0125. The summed E-state index contributed by atoms with van der Waals surface area (Å²) < 4.78 is 5.23. The molecular weight excluding hydrogens is 318 g/mol. The van der Waals surface area contributed by atoms with Crippen LogP contribution in [0.4, 0.5) is 0 Å². The molecule has 0 saturated carbocycles. The van der Waals surface area contributed by atoms with E-state index in [1.807, 2.05) is 4.90 Å². The molecule has 0 aliphatic carbocycles. The van der Waals surface area contributed by atoms with E-state index in [1.54, 1.807) is 13.0 Å². The summed E-state index contributed by atoms with van der Waals surface area (Å²) in [5, 5.41) is 13.6. The second-order valence-electron chi connectivity index (χ2n) is 5.81. The van der Waals surface area contributed by atoms with Crippen LogP contribution < -0.4 is 0 Å². The molecular formula is C16H18ClN3O3. The summed E-state index contributed by atoms with van der Waals surface area (Å²) in [7, 11) is 0. The van der Waals surface area contributed by atoms with Gasteiger partial charge in [-0.2, -0.15) is 4.98 Å². The zero-order chi connectivity index (χ0) is 16.4. The maximum atomic E-state index is 12.5. The first-order valence-electron chi connectivity index (χ1n) is 7.58. The van der Waals surface area contributed by atoms with E-state index in [9.17, 15) is 9.90 Å². The van der Waals surface area contributed by atoms with Gasteiger partial charge in [0.15, 0.2) is 5.82 Å². The Labute approximate surface area is 139 Å². The lowest BCUT2D eigenvalue weighted by molar-refractivity contribution is -0.131.